The summed E-state index contributed by atoms with van der Waals surface area (Å²) in [6.07, 6.45) is 0. The van der Waals surface area contributed by atoms with E-state index < -0.39 is 0 Å². The predicted octanol–water partition coefficient (Wildman–Crippen LogP) is 4.79. The van der Waals surface area contributed by atoms with Crippen LogP contribution < -0.4 is 5.32 Å². The summed E-state index contributed by atoms with van der Waals surface area (Å²) in [6.45, 7) is 4.85. The average Bonchev–Trinajstić information content (AvgIpc) is 2.41. The third-order valence-electron chi connectivity index (χ3n) is 2.99. The molecule has 0 aliphatic heterocycles. The first-order valence-corrected chi connectivity index (χ1v) is 7.38. The van der Waals surface area contributed by atoms with Crippen LogP contribution in [0.3, 0.4) is 0 Å². The molecule has 1 nitrogen and oxygen atoms in total. The van der Waals surface area contributed by atoms with Gasteiger partial charge < -0.3 is 5.32 Å². The maximum atomic E-state index is 14.1. The Hall–Kier alpha value is -1.39. The Morgan fingerprint density at radius 2 is 1.95 bits per heavy atom. The van der Waals surface area contributed by atoms with Crippen molar-refractivity contribution in [2.45, 2.75) is 29.7 Å². The lowest BCUT2D eigenvalue weighted by Crippen LogP contribution is -2.17. The van der Waals surface area contributed by atoms with Crippen molar-refractivity contribution in [2.24, 2.45) is 0 Å². The third kappa shape index (κ3) is 3.81. The summed E-state index contributed by atoms with van der Waals surface area (Å²) in [6, 6.07) is 11.5. The first-order chi connectivity index (χ1) is 9.60. The van der Waals surface area contributed by atoms with E-state index in [-0.39, 0.29) is 17.7 Å². The van der Waals surface area contributed by atoms with Crippen LogP contribution in [0.5, 0.6) is 0 Å². The number of nitrogens with one attached hydrogen (secondary N) is 1. The van der Waals surface area contributed by atoms with E-state index in [1.165, 1.54) is 30.0 Å². The third-order valence-corrected chi connectivity index (χ3v) is 4.03. The SMILES string of the molecule is CCNC(C)c1ccc(Sc2cccc(F)c2)c(F)c1. The Kier molecular flexibility index (Phi) is 5.15. The van der Waals surface area contributed by atoms with Gasteiger partial charge >= 0.3 is 0 Å². The number of hydrogen-bond donors (Lipinski definition) is 1. The van der Waals surface area contributed by atoms with E-state index in [0.717, 1.165) is 12.1 Å². The molecule has 0 radical (unpaired) electrons. The van der Waals surface area contributed by atoms with Crippen molar-refractivity contribution in [3.8, 4) is 0 Å². The van der Waals surface area contributed by atoms with Crippen LogP contribution in [0.25, 0.3) is 0 Å². The molecular weight excluding hydrogens is 276 g/mol. The Labute approximate surface area is 122 Å². The van der Waals surface area contributed by atoms with Crippen LogP contribution in [0.1, 0.15) is 25.5 Å². The van der Waals surface area contributed by atoms with Crippen molar-refractivity contribution in [3.63, 3.8) is 0 Å². The van der Waals surface area contributed by atoms with Crippen LogP contribution >= 0.6 is 11.8 Å². The minimum absolute atomic E-state index is 0.114. The second-order valence-electron chi connectivity index (χ2n) is 4.53. The molecule has 1 N–H and O–H groups in total. The molecule has 2 aromatic rings. The molecule has 1 atom stereocenters. The summed E-state index contributed by atoms with van der Waals surface area (Å²) in [5, 5.41) is 3.24. The zero-order chi connectivity index (χ0) is 14.5. The molecule has 0 aromatic heterocycles. The van der Waals surface area contributed by atoms with Gasteiger partial charge in [-0.1, -0.05) is 30.8 Å². The van der Waals surface area contributed by atoms with Gasteiger partial charge in [-0.15, -0.1) is 0 Å². The standard InChI is InChI=1S/C16H17F2NS/c1-3-19-11(2)12-7-8-16(15(18)9-12)20-14-6-4-5-13(17)10-14/h4-11,19H,3H2,1-2H3. The molecule has 0 heterocycles. The quantitative estimate of drug-likeness (QED) is 0.851. The fourth-order valence-corrected chi connectivity index (χ4v) is 2.82. The van der Waals surface area contributed by atoms with Crippen LogP contribution in [0.2, 0.25) is 0 Å². The highest BCUT2D eigenvalue weighted by atomic mass is 32.2. The Morgan fingerprint density at radius 1 is 1.15 bits per heavy atom. The molecule has 0 fully saturated rings. The molecule has 0 aliphatic carbocycles. The second-order valence-corrected chi connectivity index (χ2v) is 5.64. The van der Waals surface area contributed by atoms with Crippen LogP contribution in [0, 0.1) is 11.6 Å². The topological polar surface area (TPSA) is 12.0 Å². The van der Waals surface area contributed by atoms with E-state index in [2.05, 4.69) is 5.32 Å². The fourth-order valence-electron chi connectivity index (χ4n) is 1.95. The number of rotatable bonds is 5. The highest BCUT2D eigenvalue weighted by Crippen LogP contribution is 2.31. The molecule has 2 aromatic carbocycles. The molecule has 0 amide bonds. The first-order valence-electron chi connectivity index (χ1n) is 6.56. The molecule has 0 bridgehead atoms. The molecule has 0 spiro atoms. The van der Waals surface area contributed by atoms with Crippen LogP contribution in [-0.2, 0) is 0 Å². The van der Waals surface area contributed by atoms with Crippen LogP contribution in [0.4, 0.5) is 8.78 Å². The second kappa shape index (κ2) is 6.86. The normalized spacial score (nSPS) is 12.4. The van der Waals surface area contributed by atoms with Gasteiger partial charge in [0.25, 0.3) is 0 Å². The lowest BCUT2D eigenvalue weighted by atomic mass is 10.1. The lowest BCUT2D eigenvalue weighted by Gasteiger charge is -2.13. The van der Waals surface area contributed by atoms with Crippen molar-refractivity contribution in [2.75, 3.05) is 6.54 Å². The van der Waals surface area contributed by atoms with Gasteiger partial charge in [-0.25, -0.2) is 8.78 Å². The zero-order valence-corrected chi connectivity index (χ0v) is 12.3. The maximum absolute atomic E-state index is 14.1. The van der Waals surface area contributed by atoms with Gasteiger partial charge in [0.05, 0.1) is 0 Å². The van der Waals surface area contributed by atoms with Gasteiger partial charge in [-0.2, -0.15) is 0 Å². The molecule has 2 rings (SSSR count). The molecule has 0 saturated heterocycles. The minimum Gasteiger partial charge on any atom is -0.310 e. The molecule has 0 saturated carbocycles. The number of benzene rings is 2. The summed E-state index contributed by atoms with van der Waals surface area (Å²) in [5.74, 6) is -0.589. The number of hydrogen-bond acceptors (Lipinski definition) is 2. The predicted molar refractivity (Wildman–Crippen MR) is 79.0 cm³/mol. The van der Waals surface area contributed by atoms with E-state index in [4.69, 9.17) is 0 Å². The van der Waals surface area contributed by atoms with Crippen molar-refractivity contribution < 1.29 is 8.78 Å². The highest BCUT2D eigenvalue weighted by molar-refractivity contribution is 7.99. The van der Waals surface area contributed by atoms with E-state index in [1.54, 1.807) is 18.2 Å². The van der Waals surface area contributed by atoms with Crippen LogP contribution in [-0.4, -0.2) is 6.54 Å². The maximum Gasteiger partial charge on any atom is 0.137 e. The monoisotopic (exact) mass is 293 g/mol. The molecule has 1 unspecified atom stereocenters. The minimum atomic E-state index is -0.312. The molecule has 4 heteroatoms. The van der Waals surface area contributed by atoms with Gasteiger partial charge in [-0.3, -0.25) is 0 Å². The van der Waals surface area contributed by atoms with Crippen molar-refractivity contribution in [3.05, 3.63) is 59.7 Å². The summed E-state index contributed by atoms with van der Waals surface area (Å²) in [4.78, 5) is 1.19. The van der Waals surface area contributed by atoms with E-state index >= 15 is 0 Å². The zero-order valence-electron chi connectivity index (χ0n) is 11.5. The van der Waals surface area contributed by atoms with E-state index in [9.17, 15) is 8.78 Å². The average molecular weight is 293 g/mol. The Morgan fingerprint density at radius 3 is 2.60 bits per heavy atom. The smallest absolute Gasteiger partial charge is 0.137 e. The van der Waals surface area contributed by atoms with Crippen molar-refractivity contribution in [1.82, 2.24) is 5.32 Å². The molecule has 20 heavy (non-hydrogen) atoms. The summed E-state index contributed by atoms with van der Waals surface area (Å²) in [5.41, 5.74) is 0.910. The van der Waals surface area contributed by atoms with Crippen molar-refractivity contribution >= 4 is 11.8 Å². The molecular formula is C16H17F2NS. The molecule has 0 aliphatic rings. The van der Waals surface area contributed by atoms with Gasteiger partial charge in [0.1, 0.15) is 11.6 Å². The van der Waals surface area contributed by atoms with E-state index in [0.29, 0.717) is 9.79 Å². The van der Waals surface area contributed by atoms with Crippen molar-refractivity contribution in [1.29, 1.82) is 0 Å². The van der Waals surface area contributed by atoms with Gasteiger partial charge in [-0.05, 0) is 49.4 Å². The highest BCUT2D eigenvalue weighted by Gasteiger charge is 2.09. The summed E-state index contributed by atoms with van der Waals surface area (Å²) in [7, 11) is 0. The molecule has 106 valence electrons. The summed E-state index contributed by atoms with van der Waals surface area (Å²) < 4.78 is 27.2. The van der Waals surface area contributed by atoms with Crippen LogP contribution in [0.15, 0.2) is 52.3 Å². The first kappa shape index (κ1) is 15.0. The largest absolute Gasteiger partial charge is 0.310 e. The van der Waals surface area contributed by atoms with Gasteiger partial charge in [0.15, 0.2) is 0 Å². The summed E-state index contributed by atoms with van der Waals surface area (Å²) >= 11 is 1.23. The van der Waals surface area contributed by atoms with Gasteiger partial charge in [0.2, 0.25) is 0 Å². The van der Waals surface area contributed by atoms with E-state index in [1.807, 2.05) is 19.9 Å². The van der Waals surface area contributed by atoms with Gasteiger partial charge in [0, 0.05) is 15.8 Å². The number of halogens is 2. The lowest BCUT2D eigenvalue weighted by molar-refractivity contribution is 0.572. The fraction of sp³-hybridized carbons (Fsp3) is 0.250. The Bertz CT molecular complexity index is 586. The Balaban J connectivity index is 2.17.